The van der Waals surface area contributed by atoms with Crippen LogP contribution in [0.1, 0.15) is 26.7 Å². The molecule has 16 heavy (non-hydrogen) atoms. The highest BCUT2D eigenvalue weighted by atomic mass is 32.2. The molecule has 1 aromatic rings. The van der Waals surface area contributed by atoms with E-state index >= 15 is 0 Å². The van der Waals surface area contributed by atoms with E-state index in [1.165, 1.54) is 17.7 Å². The molecule has 0 bridgehead atoms. The molecule has 0 spiro atoms. The van der Waals surface area contributed by atoms with E-state index in [2.05, 4.69) is 49.5 Å². The zero-order valence-electron chi connectivity index (χ0n) is 10.4. The molecule has 0 amide bonds. The zero-order chi connectivity index (χ0) is 11.6. The van der Waals surface area contributed by atoms with Crippen LogP contribution in [0, 0.1) is 5.92 Å². The number of benzene rings is 1. The summed E-state index contributed by atoms with van der Waals surface area (Å²) in [7, 11) is 0. The second-order valence-corrected chi connectivity index (χ2v) is 5.43. The predicted molar refractivity (Wildman–Crippen MR) is 74.1 cm³/mol. The Morgan fingerprint density at radius 2 is 2.00 bits per heavy atom. The lowest BCUT2D eigenvalue weighted by molar-refractivity contribution is 0.484. The second-order valence-electron chi connectivity index (χ2n) is 4.26. The number of hydrogen-bond donors (Lipinski definition) is 1. The van der Waals surface area contributed by atoms with Crippen LogP contribution in [0.3, 0.4) is 0 Å². The molecule has 1 atom stereocenters. The molecule has 2 heteroatoms. The van der Waals surface area contributed by atoms with E-state index in [-0.39, 0.29) is 0 Å². The summed E-state index contributed by atoms with van der Waals surface area (Å²) in [4.78, 5) is 1.37. The molecule has 0 aromatic heterocycles. The van der Waals surface area contributed by atoms with Crippen LogP contribution < -0.4 is 5.32 Å². The first-order valence-electron chi connectivity index (χ1n) is 6.21. The average Bonchev–Trinajstić information content (AvgIpc) is 2.30. The second kappa shape index (κ2) is 8.66. The maximum absolute atomic E-state index is 3.52. The molecule has 0 aliphatic carbocycles. The normalized spacial score (nSPS) is 12.6. The van der Waals surface area contributed by atoms with Gasteiger partial charge < -0.3 is 5.32 Å². The largest absolute Gasteiger partial charge is 0.316 e. The smallest absolute Gasteiger partial charge is 0.0106 e. The topological polar surface area (TPSA) is 12.0 Å². The first kappa shape index (κ1) is 13.6. The van der Waals surface area contributed by atoms with E-state index in [9.17, 15) is 0 Å². The first-order chi connectivity index (χ1) is 7.83. The summed E-state index contributed by atoms with van der Waals surface area (Å²) in [6, 6.07) is 10.6. The summed E-state index contributed by atoms with van der Waals surface area (Å²) in [5, 5.41) is 3.52. The average molecular weight is 237 g/mol. The van der Waals surface area contributed by atoms with Crippen molar-refractivity contribution in [1.82, 2.24) is 5.32 Å². The maximum Gasteiger partial charge on any atom is 0.0106 e. The first-order valence-corrected chi connectivity index (χ1v) is 7.20. The lowest BCUT2D eigenvalue weighted by Gasteiger charge is -2.10. The number of nitrogens with one attached hydrogen (secondary N) is 1. The van der Waals surface area contributed by atoms with E-state index in [4.69, 9.17) is 0 Å². The van der Waals surface area contributed by atoms with E-state index in [0.717, 1.165) is 24.8 Å². The Kier molecular flexibility index (Phi) is 7.35. The van der Waals surface area contributed by atoms with Crippen LogP contribution in [0.2, 0.25) is 0 Å². The Labute approximate surface area is 104 Å². The van der Waals surface area contributed by atoms with Crippen molar-refractivity contribution < 1.29 is 0 Å². The fraction of sp³-hybridized carbons (Fsp3) is 0.571. The molecule has 1 nitrogen and oxygen atoms in total. The minimum Gasteiger partial charge on any atom is -0.316 e. The minimum atomic E-state index is 0.812. The van der Waals surface area contributed by atoms with Gasteiger partial charge in [0, 0.05) is 17.2 Å². The Hall–Kier alpha value is -0.470. The van der Waals surface area contributed by atoms with Gasteiger partial charge in [-0.1, -0.05) is 38.5 Å². The van der Waals surface area contributed by atoms with Crippen LogP contribution in [0.5, 0.6) is 0 Å². The fourth-order valence-corrected chi connectivity index (χ4v) is 2.53. The summed E-state index contributed by atoms with van der Waals surface area (Å²) in [6.07, 6.45) is 2.63. The standard InChI is InChI=1S/C14H23NS/c1-3-7-13(2)12-15-10-11-16-14-8-5-4-6-9-14/h4-6,8-9,13,15H,3,7,10-12H2,1-2H3. The van der Waals surface area contributed by atoms with Crippen molar-refractivity contribution in [2.24, 2.45) is 5.92 Å². The third kappa shape index (κ3) is 6.19. The molecule has 0 saturated heterocycles. The van der Waals surface area contributed by atoms with Crippen LogP contribution in [0.4, 0.5) is 0 Å². The molecule has 1 N–H and O–H groups in total. The lowest BCUT2D eigenvalue weighted by Crippen LogP contribution is -2.23. The van der Waals surface area contributed by atoms with E-state index < -0.39 is 0 Å². The number of rotatable bonds is 8. The van der Waals surface area contributed by atoms with Gasteiger partial charge in [0.15, 0.2) is 0 Å². The monoisotopic (exact) mass is 237 g/mol. The summed E-state index contributed by atoms with van der Waals surface area (Å²) in [5.74, 6) is 1.97. The Morgan fingerprint density at radius 1 is 1.25 bits per heavy atom. The minimum absolute atomic E-state index is 0.812. The van der Waals surface area contributed by atoms with Gasteiger partial charge in [0.1, 0.15) is 0 Å². The molecule has 0 heterocycles. The molecule has 0 fully saturated rings. The van der Waals surface area contributed by atoms with Gasteiger partial charge in [0.2, 0.25) is 0 Å². The Bertz CT molecular complexity index is 261. The summed E-state index contributed by atoms with van der Waals surface area (Å²) < 4.78 is 0. The van der Waals surface area contributed by atoms with Crippen molar-refractivity contribution in [2.45, 2.75) is 31.6 Å². The van der Waals surface area contributed by atoms with Crippen LogP contribution >= 0.6 is 11.8 Å². The van der Waals surface area contributed by atoms with Gasteiger partial charge in [-0.15, -0.1) is 11.8 Å². The van der Waals surface area contributed by atoms with Crippen molar-refractivity contribution >= 4 is 11.8 Å². The molecule has 0 aliphatic heterocycles. The van der Waals surface area contributed by atoms with Gasteiger partial charge in [0.25, 0.3) is 0 Å². The highest BCUT2D eigenvalue weighted by Gasteiger charge is 1.99. The molecular formula is C14H23NS. The number of thioether (sulfide) groups is 1. The quantitative estimate of drug-likeness (QED) is 0.545. The van der Waals surface area contributed by atoms with Crippen molar-refractivity contribution in [2.75, 3.05) is 18.8 Å². The van der Waals surface area contributed by atoms with E-state index in [1.807, 2.05) is 11.8 Å². The van der Waals surface area contributed by atoms with Crippen LogP contribution in [0.25, 0.3) is 0 Å². The number of hydrogen-bond acceptors (Lipinski definition) is 2. The van der Waals surface area contributed by atoms with Gasteiger partial charge in [-0.3, -0.25) is 0 Å². The third-order valence-corrected chi connectivity index (χ3v) is 3.58. The zero-order valence-corrected chi connectivity index (χ0v) is 11.2. The molecule has 0 saturated carbocycles. The van der Waals surface area contributed by atoms with Gasteiger partial charge >= 0.3 is 0 Å². The molecule has 0 aliphatic rings. The molecule has 1 aromatic carbocycles. The van der Waals surface area contributed by atoms with Gasteiger partial charge in [-0.25, -0.2) is 0 Å². The predicted octanol–water partition coefficient (Wildman–Crippen LogP) is 3.80. The lowest BCUT2D eigenvalue weighted by atomic mass is 10.1. The maximum atomic E-state index is 3.52. The highest BCUT2D eigenvalue weighted by molar-refractivity contribution is 7.99. The molecule has 0 radical (unpaired) electrons. The third-order valence-electron chi connectivity index (χ3n) is 2.57. The SMILES string of the molecule is CCCC(C)CNCCSc1ccccc1. The summed E-state index contributed by atoms with van der Waals surface area (Å²) >= 11 is 1.92. The van der Waals surface area contributed by atoms with E-state index in [1.54, 1.807) is 0 Å². The summed E-state index contributed by atoms with van der Waals surface area (Å²) in [5.41, 5.74) is 0. The van der Waals surface area contributed by atoms with Crippen molar-refractivity contribution in [1.29, 1.82) is 0 Å². The van der Waals surface area contributed by atoms with Crippen molar-refractivity contribution in [3.8, 4) is 0 Å². The Morgan fingerprint density at radius 3 is 2.69 bits per heavy atom. The molecular weight excluding hydrogens is 214 g/mol. The van der Waals surface area contributed by atoms with Crippen molar-refractivity contribution in [3.63, 3.8) is 0 Å². The van der Waals surface area contributed by atoms with Crippen molar-refractivity contribution in [3.05, 3.63) is 30.3 Å². The van der Waals surface area contributed by atoms with E-state index in [0.29, 0.717) is 0 Å². The summed E-state index contributed by atoms with van der Waals surface area (Å²) in [6.45, 7) is 6.83. The van der Waals surface area contributed by atoms with Crippen LogP contribution in [0.15, 0.2) is 35.2 Å². The molecule has 1 rings (SSSR count). The fourth-order valence-electron chi connectivity index (χ4n) is 1.70. The molecule has 90 valence electrons. The van der Waals surface area contributed by atoms with Crippen LogP contribution in [-0.2, 0) is 0 Å². The van der Waals surface area contributed by atoms with Gasteiger partial charge in [-0.2, -0.15) is 0 Å². The van der Waals surface area contributed by atoms with Crippen LogP contribution in [-0.4, -0.2) is 18.8 Å². The molecule has 1 unspecified atom stereocenters. The highest BCUT2D eigenvalue weighted by Crippen LogP contribution is 2.15. The van der Waals surface area contributed by atoms with Gasteiger partial charge in [-0.05, 0) is 31.0 Å². The Balaban J connectivity index is 2.00. The van der Waals surface area contributed by atoms with Gasteiger partial charge in [0.05, 0.1) is 0 Å².